The first-order valence-corrected chi connectivity index (χ1v) is 7.49. The summed E-state index contributed by atoms with van der Waals surface area (Å²) in [7, 11) is 0. The largest absolute Gasteiger partial charge is 0.417 e. The molecule has 0 bridgehead atoms. The van der Waals surface area contributed by atoms with Crippen molar-refractivity contribution in [1.82, 2.24) is 9.88 Å². The quantitative estimate of drug-likeness (QED) is 0.823. The number of nitrogens with zero attached hydrogens (tertiary/aromatic N) is 1. The van der Waals surface area contributed by atoms with Gasteiger partial charge in [-0.25, -0.2) is 0 Å². The molecule has 0 aliphatic rings. The summed E-state index contributed by atoms with van der Waals surface area (Å²) >= 11 is 0. The Morgan fingerprint density at radius 2 is 1.75 bits per heavy atom. The van der Waals surface area contributed by atoms with Crippen LogP contribution in [0.3, 0.4) is 0 Å². The molecule has 2 aromatic rings. The van der Waals surface area contributed by atoms with Gasteiger partial charge in [0.15, 0.2) is 0 Å². The van der Waals surface area contributed by atoms with Crippen molar-refractivity contribution in [3.63, 3.8) is 0 Å². The van der Waals surface area contributed by atoms with Crippen molar-refractivity contribution >= 4 is 5.91 Å². The Bertz CT molecular complexity index is 754. The van der Waals surface area contributed by atoms with Crippen LogP contribution in [0.4, 0.5) is 13.2 Å². The van der Waals surface area contributed by atoms with Crippen molar-refractivity contribution in [1.29, 1.82) is 0 Å². The van der Waals surface area contributed by atoms with E-state index in [1.54, 1.807) is 22.9 Å². The first-order chi connectivity index (χ1) is 11.4. The Morgan fingerprint density at radius 3 is 2.46 bits per heavy atom. The van der Waals surface area contributed by atoms with E-state index >= 15 is 0 Å². The number of aromatic nitrogens is 1. The molecule has 128 valence electrons. The molecule has 1 amide bonds. The summed E-state index contributed by atoms with van der Waals surface area (Å²) in [4.78, 5) is 23.4. The SMILES string of the molecule is O=C(NCCCCn1ccccc1=O)c1ccccc1C(F)(F)F. The van der Waals surface area contributed by atoms with Gasteiger partial charge in [0.1, 0.15) is 0 Å². The van der Waals surface area contributed by atoms with Gasteiger partial charge in [0.05, 0.1) is 11.1 Å². The van der Waals surface area contributed by atoms with E-state index in [0.717, 1.165) is 12.1 Å². The summed E-state index contributed by atoms with van der Waals surface area (Å²) in [5.41, 5.74) is -1.44. The van der Waals surface area contributed by atoms with E-state index in [1.165, 1.54) is 18.2 Å². The highest BCUT2D eigenvalue weighted by Crippen LogP contribution is 2.31. The fraction of sp³-hybridized carbons (Fsp3) is 0.294. The van der Waals surface area contributed by atoms with Gasteiger partial charge in [-0.1, -0.05) is 18.2 Å². The minimum atomic E-state index is -4.57. The van der Waals surface area contributed by atoms with Crippen LogP contribution < -0.4 is 10.9 Å². The highest BCUT2D eigenvalue weighted by atomic mass is 19.4. The fourth-order valence-corrected chi connectivity index (χ4v) is 2.28. The summed E-state index contributed by atoms with van der Waals surface area (Å²) in [6.07, 6.45) is -1.71. The average molecular weight is 338 g/mol. The van der Waals surface area contributed by atoms with E-state index < -0.39 is 17.6 Å². The predicted octanol–water partition coefficient (Wildman–Crippen LogP) is 3.08. The Hall–Kier alpha value is -2.57. The van der Waals surface area contributed by atoms with E-state index in [0.29, 0.717) is 19.4 Å². The van der Waals surface area contributed by atoms with Crippen molar-refractivity contribution in [2.45, 2.75) is 25.6 Å². The van der Waals surface area contributed by atoms with Crippen molar-refractivity contribution in [2.24, 2.45) is 0 Å². The van der Waals surface area contributed by atoms with Crippen LogP contribution in [0, 0.1) is 0 Å². The van der Waals surface area contributed by atoms with Crippen LogP contribution in [-0.4, -0.2) is 17.0 Å². The zero-order valence-electron chi connectivity index (χ0n) is 12.8. The second kappa shape index (κ2) is 7.81. The molecule has 0 fully saturated rings. The monoisotopic (exact) mass is 338 g/mol. The first-order valence-electron chi connectivity index (χ1n) is 7.49. The molecular formula is C17H17F3N2O2. The molecule has 1 heterocycles. The molecule has 1 N–H and O–H groups in total. The highest BCUT2D eigenvalue weighted by molar-refractivity contribution is 5.95. The second-order valence-electron chi connectivity index (χ2n) is 5.24. The van der Waals surface area contributed by atoms with Gasteiger partial charge >= 0.3 is 6.18 Å². The van der Waals surface area contributed by atoms with E-state index in [9.17, 15) is 22.8 Å². The van der Waals surface area contributed by atoms with Crippen LogP contribution >= 0.6 is 0 Å². The molecule has 1 aromatic carbocycles. The molecule has 24 heavy (non-hydrogen) atoms. The third kappa shape index (κ3) is 4.71. The molecule has 0 saturated carbocycles. The molecule has 0 unspecified atom stereocenters. The molecule has 0 atom stereocenters. The van der Waals surface area contributed by atoms with Crippen molar-refractivity contribution < 1.29 is 18.0 Å². The summed E-state index contributed by atoms with van der Waals surface area (Å²) in [5, 5.41) is 2.49. The van der Waals surface area contributed by atoms with Crippen molar-refractivity contribution in [3.8, 4) is 0 Å². The molecule has 2 rings (SSSR count). The van der Waals surface area contributed by atoms with Gasteiger partial charge in [-0.3, -0.25) is 9.59 Å². The molecule has 0 aliphatic heterocycles. The van der Waals surface area contributed by atoms with Crippen LogP contribution in [0.1, 0.15) is 28.8 Å². The molecule has 0 spiro atoms. The predicted molar refractivity (Wildman–Crippen MR) is 83.7 cm³/mol. The highest BCUT2D eigenvalue weighted by Gasteiger charge is 2.34. The number of halogens is 3. The minimum absolute atomic E-state index is 0.111. The third-order valence-corrected chi connectivity index (χ3v) is 3.49. The molecular weight excluding hydrogens is 321 g/mol. The van der Waals surface area contributed by atoms with Gasteiger partial charge in [0.25, 0.3) is 5.91 Å². The van der Waals surface area contributed by atoms with Crippen molar-refractivity contribution in [2.75, 3.05) is 6.54 Å². The normalized spacial score (nSPS) is 11.3. The Balaban J connectivity index is 1.84. The zero-order valence-corrected chi connectivity index (χ0v) is 12.8. The summed E-state index contributed by atoms with van der Waals surface area (Å²) < 4.78 is 40.1. The van der Waals surface area contributed by atoms with Crippen LogP contribution in [-0.2, 0) is 12.7 Å². The summed E-state index contributed by atoms with van der Waals surface area (Å²) in [5.74, 6) is -0.750. The number of carbonyl (C=O) groups excluding carboxylic acids is 1. The number of unbranched alkanes of at least 4 members (excludes halogenated alkanes) is 1. The van der Waals surface area contributed by atoms with E-state index in [2.05, 4.69) is 5.32 Å². The van der Waals surface area contributed by atoms with Gasteiger partial charge in [-0.05, 0) is 31.0 Å². The maximum absolute atomic E-state index is 12.9. The lowest BCUT2D eigenvalue weighted by atomic mass is 10.1. The van der Waals surface area contributed by atoms with Crippen molar-refractivity contribution in [3.05, 3.63) is 70.1 Å². The Kier molecular flexibility index (Phi) is 5.78. The molecule has 1 aromatic heterocycles. The minimum Gasteiger partial charge on any atom is -0.352 e. The van der Waals surface area contributed by atoms with Crippen LogP contribution in [0.5, 0.6) is 0 Å². The fourth-order valence-electron chi connectivity index (χ4n) is 2.28. The number of aryl methyl sites for hydroxylation is 1. The number of hydrogen-bond acceptors (Lipinski definition) is 2. The molecule has 0 radical (unpaired) electrons. The first kappa shape index (κ1) is 17.8. The van der Waals surface area contributed by atoms with E-state index in [-0.39, 0.29) is 17.7 Å². The number of amides is 1. The van der Waals surface area contributed by atoms with Gasteiger partial charge in [0, 0.05) is 25.4 Å². The molecule has 0 saturated heterocycles. The summed E-state index contributed by atoms with van der Waals surface area (Å²) in [6.45, 7) is 0.737. The maximum Gasteiger partial charge on any atom is 0.417 e. The Morgan fingerprint density at radius 1 is 1.04 bits per heavy atom. The lowest BCUT2D eigenvalue weighted by Gasteiger charge is -2.12. The number of carbonyl (C=O) groups is 1. The standard InChI is InChI=1S/C17H17F3N2O2/c18-17(19,20)14-8-2-1-7-13(14)16(24)21-10-4-6-12-22-11-5-3-9-15(22)23/h1-3,5,7-9,11H,4,6,10,12H2,(H,21,24). The third-order valence-electron chi connectivity index (χ3n) is 3.49. The van der Waals surface area contributed by atoms with Gasteiger partial charge in [-0.15, -0.1) is 0 Å². The van der Waals surface area contributed by atoms with Gasteiger partial charge in [0.2, 0.25) is 5.56 Å². The molecule has 7 heteroatoms. The van der Waals surface area contributed by atoms with E-state index in [1.807, 2.05) is 0 Å². The van der Waals surface area contributed by atoms with Crippen LogP contribution in [0.15, 0.2) is 53.5 Å². The number of hydrogen-bond donors (Lipinski definition) is 1. The second-order valence-corrected chi connectivity index (χ2v) is 5.24. The Labute approximate surface area is 136 Å². The van der Waals surface area contributed by atoms with Gasteiger partial charge in [-0.2, -0.15) is 13.2 Å². The van der Waals surface area contributed by atoms with Gasteiger partial charge < -0.3 is 9.88 Å². The zero-order chi connectivity index (χ0) is 17.6. The number of alkyl halides is 3. The molecule has 0 aliphatic carbocycles. The lowest BCUT2D eigenvalue weighted by molar-refractivity contribution is -0.137. The van der Waals surface area contributed by atoms with E-state index in [4.69, 9.17) is 0 Å². The smallest absolute Gasteiger partial charge is 0.352 e. The number of benzene rings is 1. The lowest BCUT2D eigenvalue weighted by Crippen LogP contribution is -2.27. The number of rotatable bonds is 6. The average Bonchev–Trinajstić information content (AvgIpc) is 2.55. The van der Waals surface area contributed by atoms with Crippen LogP contribution in [0.25, 0.3) is 0 Å². The maximum atomic E-state index is 12.9. The molecule has 4 nitrogen and oxygen atoms in total. The topological polar surface area (TPSA) is 51.1 Å². The summed E-state index contributed by atoms with van der Waals surface area (Å²) in [6, 6.07) is 9.53. The number of nitrogens with one attached hydrogen (secondary N) is 1. The van der Waals surface area contributed by atoms with Crippen LogP contribution in [0.2, 0.25) is 0 Å². The number of pyridine rings is 1.